The molecule has 182 valence electrons. The number of anilines is 1. The highest BCUT2D eigenvalue weighted by molar-refractivity contribution is 6.36. The number of benzene rings is 2. The Morgan fingerprint density at radius 1 is 1.11 bits per heavy atom. The van der Waals surface area contributed by atoms with Gasteiger partial charge >= 0.3 is 6.18 Å². The number of fused-ring (bicyclic) bond motifs is 1. The summed E-state index contributed by atoms with van der Waals surface area (Å²) < 4.78 is 40.8. The molecule has 1 fully saturated rings. The van der Waals surface area contributed by atoms with Crippen LogP contribution in [0.1, 0.15) is 46.3 Å². The van der Waals surface area contributed by atoms with Crippen LogP contribution in [0.2, 0.25) is 5.02 Å². The zero-order chi connectivity index (χ0) is 24.9. The van der Waals surface area contributed by atoms with E-state index in [9.17, 15) is 18.3 Å². The van der Waals surface area contributed by atoms with E-state index in [4.69, 9.17) is 16.6 Å². The highest BCUT2D eigenvalue weighted by atomic mass is 35.5. The molecule has 0 saturated carbocycles. The smallest absolute Gasteiger partial charge is 0.382 e. The molecule has 9 heteroatoms. The van der Waals surface area contributed by atoms with Gasteiger partial charge in [-0.3, -0.25) is 0 Å². The molecule has 35 heavy (non-hydrogen) atoms. The molecule has 0 aliphatic carbocycles. The second-order valence-corrected chi connectivity index (χ2v) is 9.29. The molecule has 1 atom stereocenters. The fourth-order valence-electron chi connectivity index (χ4n) is 4.35. The molecular weight excluding hydrogens is 477 g/mol. The number of rotatable bonds is 5. The molecule has 4 aromatic rings. The lowest BCUT2D eigenvalue weighted by Gasteiger charge is -2.34. The van der Waals surface area contributed by atoms with Gasteiger partial charge in [-0.2, -0.15) is 13.2 Å². The lowest BCUT2D eigenvalue weighted by atomic mass is 9.98. The monoisotopic (exact) mass is 500 g/mol. The van der Waals surface area contributed by atoms with Crippen molar-refractivity contribution in [1.29, 1.82) is 0 Å². The van der Waals surface area contributed by atoms with Crippen molar-refractivity contribution in [3.8, 4) is 0 Å². The number of hydrogen-bond acceptors (Lipinski definition) is 4. The Hall–Kier alpha value is -3.10. The molecule has 1 aliphatic rings. The molecule has 1 aliphatic heterocycles. The Bertz CT molecular complexity index is 1390. The van der Waals surface area contributed by atoms with E-state index in [1.165, 1.54) is 12.1 Å². The zero-order valence-corrected chi connectivity index (χ0v) is 20.0. The molecule has 0 radical (unpaired) electrons. The summed E-state index contributed by atoms with van der Waals surface area (Å²) >= 11 is 6.94. The fraction of sp³-hybridized carbons (Fsp3) is 0.308. The van der Waals surface area contributed by atoms with E-state index in [2.05, 4.69) is 9.88 Å². The number of alkyl halides is 3. The van der Waals surface area contributed by atoms with E-state index in [0.717, 1.165) is 48.8 Å². The number of aromatic nitrogens is 3. The third-order valence-corrected chi connectivity index (χ3v) is 7.12. The standard InChI is InChI=1S/C26H24ClF3N4O/c1-15-31-14-22(33(15)2)24(35)17-6-9-21-19(13-17)23(27)20(25(32-21)34-10-3-11-34)12-16-4-7-18(8-5-16)26(28,29)30/h4-9,13-14,24,35H,3,10-12H2,1-2H3. The Kier molecular flexibility index (Phi) is 5.97. The molecule has 3 heterocycles. The van der Waals surface area contributed by atoms with Gasteiger partial charge in [0.2, 0.25) is 0 Å². The number of aliphatic hydroxyl groups excluding tert-OH is 1. The first-order valence-electron chi connectivity index (χ1n) is 11.3. The number of halogens is 4. The van der Waals surface area contributed by atoms with E-state index in [1.54, 1.807) is 6.20 Å². The minimum Gasteiger partial charge on any atom is -0.382 e. The maximum absolute atomic E-state index is 13.0. The van der Waals surface area contributed by atoms with Crippen molar-refractivity contribution in [2.45, 2.75) is 32.0 Å². The molecule has 1 N–H and O–H groups in total. The Morgan fingerprint density at radius 3 is 2.40 bits per heavy atom. The van der Waals surface area contributed by atoms with Gasteiger partial charge in [-0.1, -0.05) is 29.8 Å². The molecule has 1 unspecified atom stereocenters. The summed E-state index contributed by atoms with van der Waals surface area (Å²) in [5, 5.41) is 12.2. The van der Waals surface area contributed by atoms with Gasteiger partial charge < -0.3 is 14.6 Å². The molecule has 5 nitrogen and oxygen atoms in total. The largest absolute Gasteiger partial charge is 0.416 e. The molecule has 2 aromatic carbocycles. The minimum absolute atomic E-state index is 0.347. The number of aliphatic hydroxyl groups is 1. The first-order chi connectivity index (χ1) is 16.6. The van der Waals surface area contributed by atoms with E-state index in [0.29, 0.717) is 39.2 Å². The first-order valence-corrected chi connectivity index (χ1v) is 11.7. The van der Waals surface area contributed by atoms with Crippen molar-refractivity contribution in [2.75, 3.05) is 18.0 Å². The van der Waals surface area contributed by atoms with Gasteiger partial charge in [0, 0.05) is 37.5 Å². The first kappa shape index (κ1) is 23.6. The van der Waals surface area contributed by atoms with Crippen molar-refractivity contribution in [3.05, 3.63) is 87.5 Å². The molecule has 5 rings (SSSR count). The highest BCUT2D eigenvalue weighted by Crippen LogP contribution is 2.38. The maximum atomic E-state index is 13.0. The van der Waals surface area contributed by atoms with Crippen molar-refractivity contribution in [3.63, 3.8) is 0 Å². The molecule has 2 aromatic heterocycles. The molecule has 0 amide bonds. The van der Waals surface area contributed by atoms with Crippen LogP contribution in [0, 0.1) is 6.92 Å². The van der Waals surface area contributed by atoms with Crippen LogP contribution in [-0.2, 0) is 19.6 Å². The van der Waals surface area contributed by atoms with Crippen LogP contribution in [0.15, 0.2) is 48.7 Å². The average molecular weight is 501 g/mol. The van der Waals surface area contributed by atoms with Crippen LogP contribution >= 0.6 is 11.6 Å². The van der Waals surface area contributed by atoms with E-state index in [1.807, 2.05) is 36.7 Å². The maximum Gasteiger partial charge on any atom is 0.416 e. The predicted molar refractivity (Wildman–Crippen MR) is 130 cm³/mol. The quantitative estimate of drug-likeness (QED) is 0.374. The van der Waals surface area contributed by atoms with Gasteiger partial charge in [-0.05, 0) is 48.7 Å². The topological polar surface area (TPSA) is 54.2 Å². The average Bonchev–Trinajstić information content (AvgIpc) is 3.12. The molecule has 1 saturated heterocycles. The van der Waals surface area contributed by atoms with E-state index < -0.39 is 17.8 Å². The lowest BCUT2D eigenvalue weighted by Crippen LogP contribution is -2.38. The van der Waals surface area contributed by atoms with Crippen molar-refractivity contribution >= 4 is 28.3 Å². The SMILES string of the molecule is Cc1ncc(C(O)c2ccc3nc(N4CCC4)c(Cc4ccc(C(F)(F)F)cc4)c(Cl)c3c2)n1C. The van der Waals surface area contributed by atoms with E-state index >= 15 is 0 Å². The van der Waals surface area contributed by atoms with Gasteiger partial charge in [0.25, 0.3) is 0 Å². The number of aryl methyl sites for hydroxylation is 1. The fourth-order valence-corrected chi connectivity index (χ4v) is 4.65. The number of imidazole rings is 1. The van der Waals surface area contributed by atoms with Crippen LogP contribution in [0.4, 0.5) is 19.0 Å². The molecule has 0 bridgehead atoms. The zero-order valence-electron chi connectivity index (χ0n) is 19.3. The Morgan fingerprint density at radius 2 is 1.83 bits per heavy atom. The third kappa shape index (κ3) is 4.36. The summed E-state index contributed by atoms with van der Waals surface area (Å²) in [6.07, 6.45) is -2.23. The van der Waals surface area contributed by atoms with Crippen LogP contribution in [-0.4, -0.2) is 32.7 Å². The lowest BCUT2D eigenvalue weighted by molar-refractivity contribution is -0.137. The highest BCUT2D eigenvalue weighted by Gasteiger charge is 2.30. The van der Waals surface area contributed by atoms with Crippen LogP contribution < -0.4 is 4.90 Å². The number of pyridine rings is 1. The number of hydrogen-bond donors (Lipinski definition) is 1. The van der Waals surface area contributed by atoms with Crippen LogP contribution in [0.25, 0.3) is 10.9 Å². The minimum atomic E-state index is -4.38. The summed E-state index contributed by atoms with van der Waals surface area (Å²) in [6.45, 7) is 3.57. The van der Waals surface area contributed by atoms with Crippen molar-refractivity contribution in [2.24, 2.45) is 7.05 Å². The Balaban J connectivity index is 1.57. The van der Waals surface area contributed by atoms with Gasteiger partial charge in [0.15, 0.2) is 0 Å². The molecular formula is C26H24ClF3N4O. The van der Waals surface area contributed by atoms with Gasteiger partial charge in [-0.25, -0.2) is 9.97 Å². The van der Waals surface area contributed by atoms with Gasteiger partial charge in [0.1, 0.15) is 17.7 Å². The summed E-state index contributed by atoms with van der Waals surface area (Å²) in [7, 11) is 1.85. The number of nitrogens with zero attached hydrogens (tertiary/aromatic N) is 4. The second kappa shape index (κ2) is 8.84. The summed E-state index contributed by atoms with van der Waals surface area (Å²) in [4.78, 5) is 11.3. The summed E-state index contributed by atoms with van der Waals surface area (Å²) in [5.41, 5.74) is 2.81. The van der Waals surface area contributed by atoms with Crippen LogP contribution in [0.5, 0.6) is 0 Å². The second-order valence-electron chi connectivity index (χ2n) is 8.91. The Labute approximate surface area is 205 Å². The summed E-state index contributed by atoms with van der Waals surface area (Å²) in [5.74, 6) is 1.54. The van der Waals surface area contributed by atoms with Crippen molar-refractivity contribution < 1.29 is 18.3 Å². The van der Waals surface area contributed by atoms with Crippen LogP contribution in [0.3, 0.4) is 0 Å². The predicted octanol–water partition coefficient (Wildman–Crippen LogP) is 5.83. The van der Waals surface area contributed by atoms with E-state index in [-0.39, 0.29) is 0 Å². The third-order valence-electron chi connectivity index (χ3n) is 6.69. The normalized spacial score (nSPS) is 14.9. The summed E-state index contributed by atoms with van der Waals surface area (Å²) in [6, 6.07) is 10.6. The molecule has 0 spiro atoms. The van der Waals surface area contributed by atoms with Gasteiger partial charge in [0.05, 0.1) is 28.0 Å². The van der Waals surface area contributed by atoms with Gasteiger partial charge in [-0.15, -0.1) is 0 Å². The van der Waals surface area contributed by atoms with Crippen molar-refractivity contribution in [1.82, 2.24) is 14.5 Å².